The second-order valence-electron chi connectivity index (χ2n) is 6.13. The van der Waals surface area contributed by atoms with Crippen LogP contribution >= 0.6 is 0 Å². The number of hydrogen-bond acceptors (Lipinski definition) is 2. The molecule has 0 N–H and O–H groups in total. The zero-order valence-electron chi connectivity index (χ0n) is 12.2. The van der Waals surface area contributed by atoms with Gasteiger partial charge in [-0.15, -0.1) is 0 Å². The minimum atomic E-state index is -0.268. The van der Waals surface area contributed by atoms with Gasteiger partial charge in [-0.2, -0.15) is 0 Å². The minimum Gasteiger partial charge on any atom is -0.435 e. The molecule has 0 atom stereocenters. The van der Waals surface area contributed by atoms with Crippen molar-refractivity contribution in [2.45, 2.75) is 52.4 Å². The van der Waals surface area contributed by atoms with Crippen LogP contribution in [0.25, 0.3) is 0 Å². The molecule has 2 rings (SSSR count). The van der Waals surface area contributed by atoms with E-state index in [0.717, 1.165) is 12.0 Å². The van der Waals surface area contributed by atoms with Crippen molar-refractivity contribution >= 4 is 5.97 Å². The molecular formula is C17H22O2. The van der Waals surface area contributed by atoms with Crippen molar-refractivity contribution in [3.63, 3.8) is 0 Å². The highest BCUT2D eigenvalue weighted by molar-refractivity contribution is 5.66. The molecular weight excluding hydrogens is 236 g/mol. The number of rotatable bonds is 3. The summed E-state index contributed by atoms with van der Waals surface area (Å²) in [6, 6.07) is 6.75. The molecule has 0 aliphatic heterocycles. The average Bonchev–Trinajstić information content (AvgIpc) is 2.62. The third-order valence-corrected chi connectivity index (χ3v) is 3.83. The molecule has 1 aliphatic rings. The predicted molar refractivity (Wildman–Crippen MR) is 77.0 cm³/mol. The highest BCUT2D eigenvalue weighted by Gasteiger charge is 2.29. The lowest BCUT2D eigenvalue weighted by atomic mass is 9.86. The van der Waals surface area contributed by atoms with Crippen LogP contribution in [-0.2, 0) is 27.8 Å². The molecule has 0 saturated carbocycles. The lowest BCUT2D eigenvalue weighted by molar-refractivity contribution is -0.135. The largest absolute Gasteiger partial charge is 0.435 e. The Morgan fingerprint density at radius 1 is 1.37 bits per heavy atom. The number of benzene rings is 1. The van der Waals surface area contributed by atoms with Crippen molar-refractivity contribution < 1.29 is 9.53 Å². The number of aryl methyl sites for hydroxylation is 1. The van der Waals surface area contributed by atoms with Crippen molar-refractivity contribution in [3.05, 3.63) is 46.7 Å². The number of ether oxygens (including phenoxy) is 1. The van der Waals surface area contributed by atoms with Crippen molar-refractivity contribution in [3.8, 4) is 0 Å². The predicted octanol–water partition coefficient (Wildman–Crippen LogP) is 3.92. The zero-order valence-corrected chi connectivity index (χ0v) is 12.2. The van der Waals surface area contributed by atoms with Crippen LogP contribution in [0.5, 0.6) is 0 Å². The van der Waals surface area contributed by atoms with Gasteiger partial charge in [-0.3, -0.25) is 4.79 Å². The molecule has 1 aromatic rings. The molecule has 1 aliphatic carbocycles. The van der Waals surface area contributed by atoms with Crippen molar-refractivity contribution in [1.29, 1.82) is 0 Å². The van der Waals surface area contributed by atoms with Crippen LogP contribution in [0.2, 0.25) is 0 Å². The Hall–Kier alpha value is -1.57. The fourth-order valence-corrected chi connectivity index (χ4v) is 2.75. The van der Waals surface area contributed by atoms with Gasteiger partial charge in [0.15, 0.2) is 0 Å². The lowest BCUT2D eigenvalue weighted by Crippen LogP contribution is -2.11. The molecule has 0 radical (unpaired) electrons. The van der Waals surface area contributed by atoms with Gasteiger partial charge in [-0.25, -0.2) is 0 Å². The lowest BCUT2D eigenvalue weighted by Gasteiger charge is -2.18. The smallest absolute Gasteiger partial charge is 0.307 e. The van der Waals surface area contributed by atoms with Crippen LogP contribution in [0.4, 0.5) is 0 Å². The second kappa shape index (κ2) is 5.20. The van der Waals surface area contributed by atoms with E-state index < -0.39 is 0 Å². The van der Waals surface area contributed by atoms with Crippen LogP contribution in [-0.4, -0.2) is 5.97 Å². The Morgan fingerprint density at radius 2 is 2.11 bits per heavy atom. The van der Waals surface area contributed by atoms with E-state index in [1.165, 1.54) is 36.5 Å². The quantitative estimate of drug-likeness (QED) is 0.606. The van der Waals surface area contributed by atoms with E-state index in [1.807, 2.05) is 6.92 Å². The van der Waals surface area contributed by atoms with E-state index in [2.05, 4.69) is 32.0 Å². The van der Waals surface area contributed by atoms with Gasteiger partial charge < -0.3 is 4.74 Å². The summed E-state index contributed by atoms with van der Waals surface area (Å²) in [6.45, 7) is 8.02. The first-order valence-electron chi connectivity index (χ1n) is 6.83. The monoisotopic (exact) mass is 258 g/mol. The van der Waals surface area contributed by atoms with Gasteiger partial charge in [0.05, 0.1) is 6.26 Å². The minimum absolute atomic E-state index is 0.268. The Balaban J connectivity index is 2.12. The van der Waals surface area contributed by atoms with Gasteiger partial charge in [0.2, 0.25) is 0 Å². The third-order valence-electron chi connectivity index (χ3n) is 3.83. The topological polar surface area (TPSA) is 26.3 Å². The van der Waals surface area contributed by atoms with Gasteiger partial charge in [0.25, 0.3) is 0 Å². The molecule has 0 spiro atoms. The van der Waals surface area contributed by atoms with Crippen LogP contribution in [0.15, 0.2) is 30.0 Å². The Kier molecular flexibility index (Phi) is 3.79. The van der Waals surface area contributed by atoms with Crippen molar-refractivity contribution in [1.82, 2.24) is 0 Å². The van der Waals surface area contributed by atoms with Gasteiger partial charge in [0, 0.05) is 6.92 Å². The Morgan fingerprint density at radius 3 is 2.79 bits per heavy atom. The molecule has 102 valence electrons. The third kappa shape index (κ3) is 3.25. The van der Waals surface area contributed by atoms with E-state index in [4.69, 9.17) is 4.74 Å². The van der Waals surface area contributed by atoms with Crippen LogP contribution in [0, 0.1) is 0 Å². The summed E-state index contributed by atoms with van der Waals surface area (Å²) in [5.41, 5.74) is 5.63. The van der Waals surface area contributed by atoms with E-state index in [1.54, 1.807) is 6.26 Å². The fourth-order valence-electron chi connectivity index (χ4n) is 2.75. The van der Waals surface area contributed by atoms with E-state index >= 15 is 0 Å². The average molecular weight is 258 g/mol. The van der Waals surface area contributed by atoms with Crippen LogP contribution < -0.4 is 0 Å². The summed E-state index contributed by atoms with van der Waals surface area (Å²) in [5, 5.41) is 0. The molecule has 0 saturated heterocycles. The van der Waals surface area contributed by atoms with E-state index in [9.17, 15) is 4.79 Å². The summed E-state index contributed by atoms with van der Waals surface area (Å²) in [6.07, 6.45) is 4.79. The molecule has 0 fully saturated rings. The Bertz CT molecular complexity index is 524. The SMILES string of the molecule is CC(=O)O/C=C(\C)Cc1ccc2c(c1)CCC2(C)C. The van der Waals surface area contributed by atoms with Gasteiger partial charge >= 0.3 is 5.97 Å². The summed E-state index contributed by atoms with van der Waals surface area (Å²) < 4.78 is 4.90. The number of carbonyl (C=O) groups excluding carboxylic acids is 1. The summed E-state index contributed by atoms with van der Waals surface area (Å²) in [5.74, 6) is -0.268. The maximum absolute atomic E-state index is 10.8. The molecule has 0 amide bonds. The van der Waals surface area contributed by atoms with Crippen LogP contribution in [0.3, 0.4) is 0 Å². The van der Waals surface area contributed by atoms with Crippen molar-refractivity contribution in [2.75, 3.05) is 0 Å². The number of hydrogen-bond donors (Lipinski definition) is 0. The molecule has 19 heavy (non-hydrogen) atoms. The maximum atomic E-state index is 10.8. The molecule has 0 heterocycles. The number of allylic oxidation sites excluding steroid dienone is 1. The first kappa shape index (κ1) is 13.9. The number of carbonyl (C=O) groups is 1. The molecule has 2 heteroatoms. The zero-order chi connectivity index (χ0) is 14.0. The molecule has 0 bridgehead atoms. The first-order valence-corrected chi connectivity index (χ1v) is 6.83. The number of fused-ring (bicyclic) bond motifs is 1. The highest BCUT2D eigenvalue weighted by atomic mass is 16.5. The van der Waals surface area contributed by atoms with E-state index in [-0.39, 0.29) is 5.97 Å². The second-order valence-corrected chi connectivity index (χ2v) is 6.13. The highest BCUT2D eigenvalue weighted by Crippen LogP contribution is 2.38. The first-order chi connectivity index (χ1) is 8.88. The molecule has 1 aromatic carbocycles. The summed E-state index contributed by atoms with van der Waals surface area (Å²) in [7, 11) is 0. The van der Waals surface area contributed by atoms with Gasteiger partial charge in [-0.1, -0.05) is 32.0 Å². The molecule has 0 aromatic heterocycles. The number of esters is 1. The maximum Gasteiger partial charge on any atom is 0.307 e. The van der Waals surface area contributed by atoms with Crippen LogP contribution in [0.1, 0.15) is 50.8 Å². The molecule has 2 nitrogen and oxygen atoms in total. The Labute approximate surface area is 115 Å². The summed E-state index contributed by atoms with van der Waals surface area (Å²) >= 11 is 0. The van der Waals surface area contributed by atoms with Gasteiger partial charge in [0.1, 0.15) is 0 Å². The fraction of sp³-hybridized carbons (Fsp3) is 0.471. The van der Waals surface area contributed by atoms with E-state index in [0.29, 0.717) is 5.41 Å². The standard InChI is InChI=1S/C17H22O2/c1-12(11-19-13(2)18)9-14-5-6-16-15(10-14)7-8-17(16,3)4/h5-6,10-11H,7-9H2,1-4H3/b12-11+. The van der Waals surface area contributed by atoms with Gasteiger partial charge in [-0.05, 0) is 53.9 Å². The summed E-state index contributed by atoms with van der Waals surface area (Å²) in [4.78, 5) is 10.8. The normalized spacial score (nSPS) is 17.2. The molecule has 0 unspecified atom stereocenters. The van der Waals surface area contributed by atoms with Crippen molar-refractivity contribution in [2.24, 2.45) is 0 Å².